The maximum absolute atomic E-state index is 12.2. The molecular formula is C14H19BrN2OS. The van der Waals surface area contributed by atoms with Crippen molar-refractivity contribution < 1.29 is 4.79 Å². The van der Waals surface area contributed by atoms with Crippen LogP contribution in [0.5, 0.6) is 0 Å². The highest BCUT2D eigenvalue weighted by Crippen LogP contribution is 2.27. The van der Waals surface area contributed by atoms with E-state index in [4.69, 9.17) is 5.73 Å². The zero-order valence-electron chi connectivity index (χ0n) is 11.0. The van der Waals surface area contributed by atoms with Crippen molar-refractivity contribution in [1.29, 1.82) is 0 Å². The monoisotopic (exact) mass is 342 g/mol. The van der Waals surface area contributed by atoms with Gasteiger partial charge < -0.3 is 11.1 Å². The first-order valence-corrected chi connectivity index (χ1v) is 8.56. The predicted molar refractivity (Wildman–Crippen MR) is 85.6 cm³/mol. The largest absolute Gasteiger partial charge is 0.399 e. The van der Waals surface area contributed by atoms with Crippen molar-refractivity contribution in [3.8, 4) is 0 Å². The summed E-state index contributed by atoms with van der Waals surface area (Å²) in [5, 5.41) is 3.87. The fourth-order valence-electron chi connectivity index (χ4n) is 2.46. The van der Waals surface area contributed by atoms with Crippen LogP contribution < -0.4 is 11.1 Å². The Labute approximate surface area is 126 Å². The fraction of sp³-hybridized carbons (Fsp3) is 0.500. The van der Waals surface area contributed by atoms with Crippen molar-refractivity contribution in [2.75, 3.05) is 12.0 Å². The highest BCUT2D eigenvalue weighted by atomic mass is 79.9. The van der Waals surface area contributed by atoms with Gasteiger partial charge in [0.05, 0.1) is 0 Å². The standard InChI is InChI=1S/C14H19BrN2OS/c1-19-13-4-2-12(3-5-13)17-14(18)9-6-10(15)8-11(16)7-9/h6-8,12-13H,2-5,16H2,1H3,(H,17,18). The molecule has 0 spiro atoms. The quantitative estimate of drug-likeness (QED) is 0.827. The Morgan fingerprint density at radius 2 is 2.00 bits per heavy atom. The number of benzene rings is 1. The van der Waals surface area contributed by atoms with Gasteiger partial charge in [0.2, 0.25) is 0 Å². The molecule has 1 aliphatic carbocycles. The predicted octanol–water partition coefficient (Wildman–Crippen LogP) is 3.44. The molecule has 0 aromatic heterocycles. The summed E-state index contributed by atoms with van der Waals surface area (Å²) < 4.78 is 0.837. The number of amides is 1. The lowest BCUT2D eigenvalue weighted by Crippen LogP contribution is -2.38. The number of nitrogens with two attached hydrogens (primary N) is 1. The lowest BCUT2D eigenvalue weighted by Gasteiger charge is -2.28. The minimum atomic E-state index is -0.0272. The van der Waals surface area contributed by atoms with E-state index < -0.39 is 0 Å². The second-order valence-electron chi connectivity index (χ2n) is 4.96. The number of carbonyl (C=O) groups excluding carboxylic acids is 1. The van der Waals surface area contributed by atoms with Crippen LogP contribution in [0.15, 0.2) is 22.7 Å². The zero-order valence-corrected chi connectivity index (χ0v) is 13.4. The first-order valence-electron chi connectivity index (χ1n) is 6.48. The summed E-state index contributed by atoms with van der Waals surface area (Å²) in [5.41, 5.74) is 6.98. The number of hydrogen-bond acceptors (Lipinski definition) is 3. The van der Waals surface area contributed by atoms with Gasteiger partial charge in [0.15, 0.2) is 0 Å². The van der Waals surface area contributed by atoms with Gasteiger partial charge in [-0.1, -0.05) is 15.9 Å². The van der Waals surface area contributed by atoms with Crippen molar-refractivity contribution in [2.45, 2.75) is 37.0 Å². The summed E-state index contributed by atoms with van der Waals surface area (Å²) in [6.07, 6.45) is 6.68. The number of nitrogen functional groups attached to an aromatic ring is 1. The molecule has 0 atom stereocenters. The minimum absolute atomic E-state index is 0.0272. The molecule has 5 heteroatoms. The van der Waals surface area contributed by atoms with E-state index in [2.05, 4.69) is 27.5 Å². The third kappa shape index (κ3) is 4.14. The zero-order chi connectivity index (χ0) is 13.8. The Hall–Kier alpha value is -0.680. The third-order valence-electron chi connectivity index (χ3n) is 3.53. The maximum Gasteiger partial charge on any atom is 0.251 e. The van der Waals surface area contributed by atoms with Gasteiger partial charge in [-0.25, -0.2) is 0 Å². The van der Waals surface area contributed by atoms with Crippen LogP contribution in [-0.4, -0.2) is 23.5 Å². The van der Waals surface area contributed by atoms with Gasteiger partial charge in [0, 0.05) is 27.0 Å². The van der Waals surface area contributed by atoms with Gasteiger partial charge in [-0.15, -0.1) is 0 Å². The Bertz CT molecular complexity index is 439. The number of anilines is 1. The number of nitrogens with one attached hydrogen (secondary N) is 1. The summed E-state index contributed by atoms with van der Waals surface area (Å²) in [6, 6.07) is 5.61. The lowest BCUT2D eigenvalue weighted by atomic mass is 9.94. The van der Waals surface area contributed by atoms with Gasteiger partial charge in [0.1, 0.15) is 0 Å². The summed E-state index contributed by atoms with van der Waals surface area (Å²) in [4.78, 5) is 12.2. The molecule has 1 aromatic carbocycles. The second kappa shape index (κ2) is 6.66. The molecular weight excluding hydrogens is 324 g/mol. The van der Waals surface area contributed by atoms with Crippen molar-refractivity contribution >= 4 is 39.3 Å². The molecule has 2 rings (SSSR count). The number of rotatable bonds is 3. The summed E-state index contributed by atoms with van der Waals surface area (Å²) in [5.74, 6) is -0.0272. The molecule has 0 heterocycles. The Morgan fingerprint density at radius 1 is 1.32 bits per heavy atom. The molecule has 19 heavy (non-hydrogen) atoms. The highest BCUT2D eigenvalue weighted by molar-refractivity contribution is 9.10. The molecule has 3 nitrogen and oxygen atoms in total. The Morgan fingerprint density at radius 3 is 2.58 bits per heavy atom. The molecule has 1 fully saturated rings. The average molecular weight is 343 g/mol. The first kappa shape index (κ1) is 14.7. The number of thioether (sulfide) groups is 1. The van der Waals surface area contributed by atoms with Crippen molar-refractivity contribution in [3.63, 3.8) is 0 Å². The number of hydrogen-bond donors (Lipinski definition) is 2. The molecule has 0 radical (unpaired) electrons. The van der Waals surface area contributed by atoms with Crippen LogP contribution in [0.3, 0.4) is 0 Å². The summed E-state index contributed by atoms with van der Waals surface area (Å²) >= 11 is 5.29. The van der Waals surface area contributed by atoms with E-state index >= 15 is 0 Å². The van der Waals surface area contributed by atoms with Gasteiger partial charge >= 0.3 is 0 Å². The lowest BCUT2D eigenvalue weighted by molar-refractivity contribution is 0.0928. The van der Waals surface area contributed by atoms with Crippen LogP contribution in [-0.2, 0) is 0 Å². The normalized spacial score (nSPS) is 23.1. The van der Waals surface area contributed by atoms with Crippen molar-refractivity contribution in [1.82, 2.24) is 5.32 Å². The minimum Gasteiger partial charge on any atom is -0.399 e. The van der Waals surface area contributed by atoms with E-state index in [-0.39, 0.29) is 5.91 Å². The molecule has 1 saturated carbocycles. The average Bonchev–Trinajstić information content (AvgIpc) is 2.38. The summed E-state index contributed by atoms with van der Waals surface area (Å²) in [7, 11) is 0. The van der Waals surface area contributed by atoms with Crippen LogP contribution in [0.25, 0.3) is 0 Å². The molecule has 3 N–H and O–H groups in total. The topological polar surface area (TPSA) is 55.1 Å². The third-order valence-corrected chi connectivity index (χ3v) is 5.12. The van der Waals surface area contributed by atoms with E-state index in [9.17, 15) is 4.79 Å². The van der Waals surface area contributed by atoms with E-state index in [1.165, 1.54) is 12.8 Å². The van der Waals surface area contributed by atoms with E-state index in [0.717, 1.165) is 22.6 Å². The number of carbonyl (C=O) groups is 1. The van der Waals surface area contributed by atoms with Crippen LogP contribution in [0.1, 0.15) is 36.0 Å². The van der Waals surface area contributed by atoms with Crippen LogP contribution in [0.2, 0.25) is 0 Å². The molecule has 0 aliphatic heterocycles. The summed E-state index contributed by atoms with van der Waals surface area (Å²) in [6.45, 7) is 0. The van der Waals surface area contributed by atoms with E-state index in [0.29, 0.717) is 17.3 Å². The molecule has 1 aromatic rings. The Kier molecular flexibility index (Phi) is 5.16. The van der Waals surface area contributed by atoms with Crippen LogP contribution in [0, 0.1) is 0 Å². The fourth-order valence-corrected chi connectivity index (χ4v) is 3.71. The molecule has 0 bridgehead atoms. The van der Waals surface area contributed by atoms with E-state index in [1.807, 2.05) is 11.8 Å². The highest BCUT2D eigenvalue weighted by Gasteiger charge is 2.22. The SMILES string of the molecule is CSC1CCC(NC(=O)c2cc(N)cc(Br)c2)CC1. The molecule has 0 unspecified atom stereocenters. The second-order valence-corrected chi connectivity index (χ2v) is 7.01. The van der Waals surface area contributed by atoms with Crippen LogP contribution >= 0.6 is 27.7 Å². The van der Waals surface area contributed by atoms with Gasteiger partial charge in [0.25, 0.3) is 5.91 Å². The smallest absolute Gasteiger partial charge is 0.251 e. The van der Waals surface area contributed by atoms with E-state index in [1.54, 1.807) is 18.2 Å². The molecule has 1 aliphatic rings. The van der Waals surface area contributed by atoms with Crippen molar-refractivity contribution in [3.05, 3.63) is 28.2 Å². The van der Waals surface area contributed by atoms with Gasteiger partial charge in [-0.3, -0.25) is 4.79 Å². The Balaban J connectivity index is 1.94. The maximum atomic E-state index is 12.2. The number of halogens is 1. The van der Waals surface area contributed by atoms with Crippen molar-refractivity contribution in [2.24, 2.45) is 0 Å². The molecule has 0 saturated heterocycles. The van der Waals surface area contributed by atoms with Gasteiger partial charge in [-0.05, 0) is 50.1 Å². The molecule has 1 amide bonds. The van der Waals surface area contributed by atoms with Gasteiger partial charge in [-0.2, -0.15) is 11.8 Å². The van der Waals surface area contributed by atoms with Crippen LogP contribution in [0.4, 0.5) is 5.69 Å². The molecule has 104 valence electrons. The first-order chi connectivity index (χ1) is 9.08.